The molecule has 6 nitrogen and oxygen atoms in total. The molecule has 4 rings (SSSR count). The summed E-state index contributed by atoms with van der Waals surface area (Å²) in [5, 5.41) is 1.18. The lowest BCUT2D eigenvalue weighted by Gasteiger charge is -2.29. The Hall–Kier alpha value is -2.64. The van der Waals surface area contributed by atoms with Crippen molar-refractivity contribution in [2.24, 2.45) is 0 Å². The molecule has 31 heavy (non-hydrogen) atoms. The van der Waals surface area contributed by atoms with Crippen LogP contribution in [0.2, 0.25) is 0 Å². The van der Waals surface area contributed by atoms with Gasteiger partial charge in [0.25, 0.3) is 5.56 Å². The van der Waals surface area contributed by atoms with Gasteiger partial charge in [0.05, 0.1) is 16.7 Å². The first-order valence-electron chi connectivity index (χ1n) is 10.8. The summed E-state index contributed by atoms with van der Waals surface area (Å²) in [4.78, 5) is 32.7. The van der Waals surface area contributed by atoms with Gasteiger partial charge in [-0.05, 0) is 49.9 Å². The molecule has 0 aliphatic carbocycles. The van der Waals surface area contributed by atoms with Crippen molar-refractivity contribution in [3.63, 3.8) is 0 Å². The Kier molecular flexibility index (Phi) is 7.04. The Morgan fingerprint density at radius 3 is 2.84 bits per heavy atom. The average molecular weight is 438 g/mol. The lowest BCUT2D eigenvalue weighted by Crippen LogP contribution is -2.36. The van der Waals surface area contributed by atoms with Gasteiger partial charge in [-0.2, -0.15) is 0 Å². The first-order valence-corrected chi connectivity index (χ1v) is 11.8. The fourth-order valence-electron chi connectivity index (χ4n) is 3.92. The molecule has 1 aromatic heterocycles. The molecule has 162 valence electrons. The number of amides is 1. The number of ether oxygens (including phenoxy) is 1. The van der Waals surface area contributed by atoms with E-state index in [2.05, 4.69) is 6.07 Å². The summed E-state index contributed by atoms with van der Waals surface area (Å²) in [6.07, 6.45) is 2.68. The standard InChI is InChI=1S/C24H27N3O3S/c1-2-30-16-8-15-27-23(29)19-11-4-5-12-20(19)25-24(27)31-17-22(28)26-14-7-10-18-9-3-6-13-21(18)26/h3-6,9,11-13H,2,7-8,10,14-17H2,1H3. The zero-order valence-electron chi connectivity index (χ0n) is 17.8. The monoisotopic (exact) mass is 437 g/mol. The number of fused-ring (bicyclic) bond motifs is 2. The van der Waals surface area contributed by atoms with Gasteiger partial charge in [-0.15, -0.1) is 0 Å². The predicted octanol–water partition coefficient (Wildman–Crippen LogP) is 3.89. The third-order valence-corrected chi connectivity index (χ3v) is 6.40. The van der Waals surface area contributed by atoms with Crippen LogP contribution in [-0.2, 0) is 22.5 Å². The minimum absolute atomic E-state index is 0.0421. The van der Waals surface area contributed by atoms with Crippen LogP contribution in [0.4, 0.5) is 5.69 Å². The lowest BCUT2D eigenvalue weighted by molar-refractivity contribution is -0.116. The van der Waals surface area contributed by atoms with Crippen LogP contribution in [-0.4, -0.2) is 41.0 Å². The van der Waals surface area contributed by atoms with Crippen LogP contribution < -0.4 is 10.5 Å². The van der Waals surface area contributed by atoms with Crippen LogP contribution in [0.3, 0.4) is 0 Å². The average Bonchev–Trinajstić information content (AvgIpc) is 2.81. The highest BCUT2D eigenvalue weighted by Gasteiger charge is 2.23. The molecule has 0 fully saturated rings. The minimum atomic E-state index is -0.0691. The molecule has 1 aliphatic rings. The quantitative estimate of drug-likeness (QED) is 0.304. The number of carbonyl (C=O) groups excluding carboxylic acids is 1. The van der Waals surface area contributed by atoms with E-state index in [0.29, 0.717) is 35.8 Å². The molecule has 2 aromatic carbocycles. The summed E-state index contributed by atoms with van der Waals surface area (Å²) in [5.41, 5.74) is 2.80. The van der Waals surface area contributed by atoms with E-state index in [4.69, 9.17) is 9.72 Å². The summed E-state index contributed by atoms with van der Waals surface area (Å²) in [6, 6.07) is 15.4. The van der Waals surface area contributed by atoms with Crippen molar-refractivity contribution in [2.75, 3.05) is 30.4 Å². The number of aryl methyl sites for hydroxylation is 1. The van der Waals surface area contributed by atoms with Crippen LogP contribution in [0, 0.1) is 0 Å². The van der Waals surface area contributed by atoms with E-state index in [9.17, 15) is 9.59 Å². The second-order valence-corrected chi connectivity index (χ2v) is 8.43. The number of hydrogen-bond acceptors (Lipinski definition) is 5. The predicted molar refractivity (Wildman–Crippen MR) is 125 cm³/mol. The Bertz CT molecular complexity index is 1130. The van der Waals surface area contributed by atoms with E-state index >= 15 is 0 Å². The molecule has 1 amide bonds. The second kappa shape index (κ2) is 10.1. The van der Waals surface area contributed by atoms with Crippen LogP contribution >= 0.6 is 11.8 Å². The third kappa shape index (κ3) is 4.83. The second-order valence-electron chi connectivity index (χ2n) is 7.49. The maximum absolute atomic E-state index is 13.1. The van der Waals surface area contributed by atoms with Crippen LogP contribution in [0.25, 0.3) is 10.9 Å². The van der Waals surface area contributed by atoms with Crippen molar-refractivity contribution >= 4 is 34.3 Å². The van der Waals surface area contributed by atoms with E-state index in [1.807, 2.05) is 48.2 Å². The third-order valence-electron chi connectivity index (χ3n) is 5.44. The molecular weight excluding hydrogens is 410 g/mol. The molecule has 0 radical (unpaired) electrons. The number of rotatable bonds is 8. The summed E-state index contributed by atoms with van der Waals surface area (Å²) in [6.45, 7) is 4.43. The van der Waals surface area contributed by atoms with Crippen molar-refractivity contribution in [3.8, 4) is 0 Å². The van der Waals surface area contributed by atoms with Crippen molar-refractivity contribution in [2.45, 2.75) is 37.9 Å². The number of carbonyl (C=O) groups is 1. The first-order chi connectivity index (χ1) is 15.2. The Balaban J connectivity index is 1.56. The van der Waals surface area contributed by atoms with E-state index in [1.165, 1.54) is 17.3 Å². The normalized spacial score (nSPS) is 13.4. The van der Waals surface area contributed by atoms with E-state index < -0.39 is 0 Å². The summed E-state index contributed by atoms with van der Waals surface area (Å²) < 4.78 is 7.11. The SMILES string of the molecule is CCOCCCn1c(SCC(=O)N2CCCc3ccccc32)nc2ccccc2c1=O. The van der Waals surface area contributed by atoms with Crippen LogP contribution in [0.15, 0.2) is 58.5 Å². The lowest BCUT2D eigenvalue weighted by atomic mass is 10.0. The van der Waals surface area contributed by atoms with Crippen molar-refractivity contribution in [3.05, 3.63) is 64.4 Å². The molecule has 7 heteroatoms. The zero-order chi connectivity index (χ0) is 21.6. The van der Waals surface area contributed by atoms with E-state index in [1.54, 1.807) is 10.6 Å². The molecule has 0 bridgehead atoms. The molecule has 0 unspecified atom stereocenters. The van der Waals surface area contributed by atoms with E-state index in [-0.39, 0.29) is 17.2 Å². The maximum Gasteiger partial charge on any atom is 0.262 e. The molecule has 0 atom stereocenters. The van der Waals surface area contributed by atoms with Gasteiger partial charge in [-0.25, -0.2) is 4.98 Å². The highest BCUT2D eigenvalue weighted by atomic mass is 32.2. The van der Waals surface area contributed by atoms with Gasteiger partial charge in [0.2, 0.25) is 5.91 Å². The fourth-order valence-corrected chi connectivity index (χ4v) is 4.82. The Labute approximate surface area is 186 Å². The number of aromatic nitrogens is 2. The largest absolute Gasteiger partial charge is 0.382 e. The highest BCUT2D eigenvalue weighted by molar-refractivity contribution is 7.99. The van der Waals surface area contributed by atoms with Crippen LogP contribution in [0.1, 0.15) is 25.3 Å². The summed E-state index contributed by atoms with van der Waals surface area (Å²) >= 11 is 1.34. The first kappa shape index (κ1) is 21.6. The van der Waals surface area contributed by atoms with Crippen molar-refractivity contribution < 1.29 is 9.53 Å². The molecule has 0 saturated carbocycles. The molecule has 3 aromatic rings. The Morgan fingerprint density at radius 2 is 1.97 bits per heavy atom. The molecule has 1 aliphatic heterocycles. The molecular formula is C24H27N3O3S. The fraction of sp³-hybridized carbons (Fsp3) is 0.375. The highest BCUT2D eigenvalue weighted by Crippen LogP contribution is 2.28. The number of para-hydroxylation sites is 2. The molecule has 0 saturated heterocycles. The van der Waals surface area contributed by atoms with Gasteiger partial charge in [-0.1, -0.05) is 42.1 Å². The maximum atomic E-state index is 13.1. The van der Waals surface area contributed by atoms with Gasteiger partial charge in [-0.3, -0.25) is 14.2 Å². The number of hydrogen-bond donors (Lipinski definition) is 0. The number of thioether (sulfide) groups is 1. The molecule has 0 spiro atoms. The van der Waals surface area contributed by atoms with Gasteiger partial charge in [0.1, 0.15) is 0 Å². The topological polar surface area (TPSA) is 64.4 Å². The summed E-state index contributed by atoms with van der Waals surface area (Å²) in [5.74, 6) is 0.283. The van der Waals surface area contributed by atoms with E-state index in [0.717, 1.165) is 31.5 Å². The zero-order valence-corrected chi connectivity index (χ0v) is 18.6. The van der Waals surface area contributed by atoms with Gasteiger partial charge >= 0.3 is 0 Å². The smallest absolute Gasteiger partial charge is 0.262 e. The number of anilines is 1. The van der Waals surface area contributed by atoms with Gasteiger partial charge in [0.15, 0.2) is 5.16 Å². The summed E-state index contributed by atoms with van der Waals surface area (Å²) in [7, 11) is 0. The van der Waals surface area contributed by atoms with Crippen molar-refractivity contribution in [1.82, 2.24) is 9.55 Å². The number of nitrogens with zero attached hydrogens (tertiary/aromatic N) is 3. The number of benzene rings is 2. The van der Waals surface area contributed by atoms with Gasteiger partial charge in [0, 0.05) is 32.0 Å². The van der Waals surface area contributed by atoms with Crippen molar-refractivity contribution in [1.29, 1.82) is 0 Å². The molecule has 0 N–H and O–H groups in total. The van der Waals surface area contributed by atoms with Crippen LogP contribution in [0.5, 0.6) is 0 Å². The van der Waals surface area contributed by atoms with Gasteiger partial charge < -0.3 is 9.64 Å². The minimum Gasteiger partial charge on any atom is -0.382 e. The molecule has 2 heterocycles. The Morgan fingerprint density at radius 1 is 1.16 bits per heavy atom.